The first-order valence-electron chi connectivity index (χ1n) is 6.13. The van der Waals surface area contributed by atoms with Gasteiger partial charge >= 0.3 is 0 Å². The highest BCUT2D eigenvalue weighted by atomic mass is 79.9. The Morgan fingerprint density at radius 2 is 1.95 bits per heavy atom. The van der Waals surface area contributed by atoms with E-state index in [1.807, 2.05) is 12.1 Å². The minimum absolute atomic E-state index is 0.0987. The summed E-state index contributed by atoms with van der Waals surface area (Å²) in [5, 5.41) is 13.3. The van der Waals surface area contributed by atoms with E-state index in [2.05, 4.69) is 26.5 Å². The number of halogens is 1. The lowest BCUT2D eigenvalue weighted by atomic mass is 10.2. The van der Waals surface area contributed by atoms with Gasteiger partial charge in [-0.1, -0.05) is 28.1 Å². The number of hydrogen-bond donors (Lipinski definition) is 2. The summed E-state index contributed by atoms with van der Waals surface area (Å²) in [6, 6.07) is 13.8. The van der Waals surface area contributed by atoms with Crippen molar-refractivity contribution in [2.24, 2.45) is 5.10 Å². The number of phenols is 1. The van der Waals surface area contributed by atoms with Crippen molar-refractivity contribution in [1.82, 2.24) is 5.43 Å². The first kappa shape index (κ1) is 15.1. The number of aromatic hydroxyl groups is 1. The number of hydrazone groups is 1. The topological polar surface area (TPSA) is 70.9 Å². The van der Waals surface area contributed by atoms with E-state index in [0.717, 1.165) is 4.47 Å². The van der Waals surface area contributed by atoms with Crippen molar-refractivity contribution in [3.8, 4) is 11.5 Å². The number of rotatable bonds is 5. The summed E-state index contributed by atoms with van der Waals surface area (Å²) in [7, 11) is 0. The zero-order valence-corrected chi connectivity index (χ0v) is 12.6. The summed E-state index contributed by atoms with van der Waals surface area (Å²) >= 11 is 3.31. The molecule has 0 saturated carbocycles. The van der Waals surface area contributed by atoms with Gasteiger partial charge in [0.2, 0.25) is 0 Å². The summed E-state index contributed by atoms with van der Waals surface area (Å²) in [6.07, 6.45) is 1.37. The molecule has 0 saturated heterocycles. The number of nitrogens with zero attached hydrogens (tertiary/aromatic N) is 1. The van der Waals surface area contributed by atoms with Crippen LogP contribution in [0.1, 0.15) is 5.56 Å². The minimum Gasteiger partial charge on any atom is -0.507 e. The summed E-state index contributed by atoms with van der Waals surface area (Å²) in [5.74, 6) is 0.309. The number of carbonyl (C=O) groups excluding carboxylic acids is 1. The van der Waals surface area contributed by atoms with Crippen molar-refractivity contribution in [2.45, 2.75) is 0 Å². The molecule has 0 aliphatic rings. The molecule has 0 spiro atoms. The summed E-state index contributed by atoms with van der Waals surface area (Å²) in [5.41, 5.74) is 2.85. The van der Waals surface area contributed by atoms with E-state index in [1.165, 1.54) is 6.21 Å². The van der Waals surface area contributed by atoms with Crippen molar-refractivity contribution >= 4 is 28.1 Å². The maximum absolute atomic E-state index is 11.5. The zero-order valence-electron chi connectivity index (χ0n) is 11.0. The van der Waals surface area contributed by atoms with Crippen LogP contribution < -0.4 is 10.2 Å². The molecule has 0 aromatic heterocycles. The molecule has 108 valence electrons. The number of carbonyl (C=O) groups is 1. The van der Waals surface area contributed by atoms with Crippen molar-refractivity contribution in [3.05, 3.63) is 58.6 Å². The maximum Gasteiger partial charge on any atom is 0.277 e. The quantitative estimate of drug-likeness (QED) is 0.644. The fourth-order valence-corrected chi connectivity index (χ4v) is 1.75. The van der Waals surface area contributed by atoms with Gasteiger partial charge in [0.25, 0.3) is 5.91 Å². The van der Waals surface area contributed by atoms with Gasteiger partial charge < -0.3 is 9.84 Å². The molecule has 0 atom stereocenters. The van der Waals surface area contributed by atoms with E-state index in [0.29, 0.717) is 11.3 Å². The van der Waals surface area contributed by atoms with Crippen LogP contribution in [0.2, 0.25) is 0 Å². The number of hydrogen-bond acceptors (Lipinski definition) is 4. The van der Waals surface area contributed by atoms with Crippen LogP contribution in [-0.4, -0.2) is 23.8 Å². The van der Waals surface area contributed by atoms with E-state index in [4.69, 9.17) is 4.74 Å². The summed E-state index contributed by atoms with van der Waals surface area (Å²) in [4.78, 5) is 11.5. The van der Waals surface area contributed by atoms with Gasteiger partial charge in [-0.2, -0.15) is 5.10 Å². The molecule has 2 N–H and O–H groups in total. The molecule has 0 bridgehead atoms. The van der Waals surface area contributed by atoms with Gasteiger partial charge in [-0.15, -0.1) is 0 Å². The first-order chi connectivity index (χ1) is 10.1. The fourth-order valence-electron chi connectivity index (χ4n) is 1.48. The van der Waals surface area contributed by atoms with Crippen LogP contribution in [0.5, 0.6) is 11.5 Å². The molecule has 6 heteroatoms. The molecule has 2 rings (SSSR count). The third-order valence-corrected chi connectivity index (χ3v) is 3.04. The first-order valence-corrected chi connectivity index (χ1v) is 6.93. The van der Waals surface area contributed by atoms with Crippen LogP contribution in [0.4, 0.5) is 0 Å². The normalized spacial score (nSPS) is 10.5. The van der Waals surface area contributed by atoms with Crippen LogP contribution in [0.25, 0.3) is 0 Å². The largest absolute Gasteiger partial charge is 0.507 e. The van der Waals surface area contributed by atoms with Gasteiger partial charge in [0.1, 0.15) is 11.5 Å². The molecule has 2 aromatic carbocycles. The zero-order chi connectivity index (χ0) is 15.1. The van der Waals surface area contributed by atoms with Crippen molar-refractivity contribution in [1.29, 1.82) is 0 Å². The van der Waals surface area contributed by atoms with E-state index in [-0.39, 0.29) is 18.3 Å². The van der Waals surface area contributed by atoms with Gasteiger partial charge in [-0.25, -0.2) is 5.43 Å². The van der Waals surface area contributed by atoms with Crippen LogP contribution >= 0.6 is 15.9 Å². The molecule has 5 nitrogen and oxygen atoms in total. The number of amides is 1. The highest BCUT2D eigenvalue weighted by Gasteiger charge is 2.01. The molecule has 21 heavy (non-hydrogen) atoms. The number of nitrogens with one attached hydrogen (secondary N) is 1. The number of para-hydroxylation sites is 1. The average Bonchev–Trinajstić information content (AvgIpc) is 2.49. The van der Waals surface area contributed by atoms with Gasteiger partial charge in [0.05, 0.1) is 6.21 Å². The van der Waals surface area contributed by atoms with Gasteiger partial charge in [0, 0.05) is 10.0 Å². The van der Waals surface area contributed by atoms with Crippen molar-refractivity contribution in [2.75, 3.05) is 6.61 Å². The monoisotopic (exact) mass is 348 g/mol. The molecule has 0 fully saturated rings. The highest BCUT2D eigenvalue weighted by molar-refractivity contribution is 9.10. The number of phenolic OH excluding ortho intramolecular Hbond substituents is 1. The molecule has 0 aliphatic heterocycles. The third kappa shape index (κ3) is 4.92. The van der Waals surface area contributed by atoms with Gasteiger partial charge in [-0.05, 0) is 36.4 Å². The second-order valence-electron chi connectivity index (χ2n) is 4.09. The van der Waals surface area contributed by atoms with E-state index in [9.17, 15) is 9.90 Å². The second-order valence-corrected chi connectivity index (χ2v) is 5.01. The molecular weight excluding hydrogens is 336 g/mol. The number of benzene rings is 2. The van der Waals surface area contributed by atoms with Crippen molar-refractivity contribution in [3.63, 3.8) is 0 Å². The van der Waals surface area contributed by atoms with Crippen LogP contribution in [0, 0.1) is 0 Å². The van der Waals surface area contributed by atoms with Gasteiger partial charge in [0.15, 0.2) is 6.61 Å². The molecule has 0 radical (unpaired) electrons. The Hall–Kier alpha value is -2.34. The third-order valence-electron chi connectivity index (χ3n) is 2.51. The second kappa shape index (κ2) is 7.44. The Morgan fingerprint density at radius 3 is 2.67 bits per heavy atom. The Labute approximate surface area is 130 Å². The maximum atomic E-state index is 11.5. The Morgan fingerprint density at radius 1 is 1.24 bits per heavy atom. The van der Waals surface area contributed by atoms with Crippen molar-refractivity contribution < 1.29 is 14.6 Å². The Kier molecular flexibility index (Phi) is 5.34. The molecule has 2 aromatic rings. The van der Waals surface area contributed by atoms with Gasteiger partial charge in [-0.3, -0.25) is 4.79 Å². The van der Waals surface area contributed by atoms with E-state index in [1.54, 1.807) is 36.4 Å². The van der Waals surface area contributed by atoms with E-state index < -0.39 is 0 Å². The SMILES string of the molecule is O=C(COc1ccc(Br)cc1)N/N=C\c1ccccc1O. The number of ether oxygens (including phenoxy) is 1. The van der Waals surface area contributed by atoms with Crippen LogP contribution in [0.3, 0.4) is 0 Å². The molecule has 0 unspecified atom stereocenters. The smallest absolute Gasteiger partial charge is 0.277 e. The van der Waals surface area contributed by atoms with Crippen LogP contribution in [0.15, 0.2) is 58.1 Å². The lowest BCUT2D eigenvalue weighted by Gasteiger charge is -2.04. The fraction of sp³-hybridized carbons (Fsp3) is 0.0667. The van der Waals surface area contributed by atoms with E-state index >= 15 is 0 Å². The summed E-state index contributed by atoms with van der Waals surface area (Å²) < 4.78 is 6.23. The Balaban J connectivity index is 1.80. The lowest BCUT2D eigenvalue weighted by Crippen LogP contribution is -2.24. The standard InChI is InChI=1S/C15H13BrN2O3/c16-12-5-7-13(8-6-12)21-10-15(20)18-17-9-11-3-1-2-4-14(11)19/h1-9,19H,10H2,(H,18,20)/b17-9-. The predicted octanol–water partition coefficient (Wildman–Crippen LogP) is 2.68. The predicted molar refractivity (Wildman–Crippen MR) is 83.5 cm³/mol. The lowest BCUT2D eigenvalue weighted by molar-refractivity contribution is -0.123. The average molecular weight is 349 g/mol. The molecule has 0 heterocycles. The minimum atomic E-state index is -0.385. The molecule has 0 aliphatic carbocycles. The molecular formula is C15H13BrN2O3. The molecule has 1 amide bonds. The Bertz CT molecular complexity index is 642. The summed E-state index contributed by atoms with van der Waals surface area (Å²) in [6.45, 7) is -0.139. The van der Waals surface area contributed by atoms with Crippen LogP contribution in [-0.2, 0) is 4.79 Å². The highest BCUT2D eigenvalue weighted by Crippen LogP contribution is 2.15.